The number of benzene rings is 1. The lowest BCUT2D eigenvalue weighted by Gasteiger charge is -2.31. The van der Waals surface area contributed by atoms with Gasteiger partial charge in [0, 0.05) is 31.7 Å². The van der Waals surface area contributed by atoms with E-state index >= 15 is 0 Å². The van der Waals surface area contributed by atoms with Crippen LogP contribution in [0.3, 0.4) is 0 Å². The van der Waals surface area contributed by atoms with Crippen LogP contribution in [0.15, 0.2) is 42.6 Å². The molecule has 1 amide bonds. The van der Waals surface area contributed by atoms with Crippen molar-refractivity contribution >= 4 is 32.7 Å². The Kier molecular flexibility index (Phi) is 5.34. The first kappa shape index (κ1) is 17.9. The van der Waals surface area contributed by atoms with Crippen LogP contribution in [0.2, 0.25) is 0 Å². The Morgan fingerprint density at radius 3 is 2.74 bits per heavy atom. The summed E-state index contributed by atoms with van der Waals surface area (Å²) in [6.45, 7) is 4.53. The van der Waals surface area contributed by atoms with Crippen LogP contribution in [0.5, 0.6) is 0 Å². The monoisotopic (exact) mass is 380 g/mol. The van der Waals surface area contributed by atoms with Crippen LogP contribution in [-0.4, -0.2) is 35.5 Å². The number of nitrogens with one attached hydrogen (secondary N) is 1. The largest absolute Gasteiger partial charge is 0.356 e. The zero-order valence-corrected chi connectivity index (χ0v) is 16.3. The summed E-state index contributed by atoms with van der Waals surface area (Å²) in [6, 6.07) is 12.4. The molecule has 1 N–H and O–H groups in total. The zero-order valence-electron chi connectivity index (χ0n) is 15.5. The molecule has 1 aromatic carbocycles. The number of hydrogen-bond donors (Lipinski definition) is 1. The third kappa shape index (κ3) is 4.27. The molecule has 3 aromatic rings. The van der Waals surface area contributed by atoms with Crippen molar-refractivity contribution in [1.82, 2.24) is 15.3 Å². The Hall–Kier alpha value is -2.47. The van der Waals surface area contributed by atoms with E-state index in [1.54, 1.807) is 17.5 Å². The van der Waals surface area contributed by atoms with Crippen molar-refractivity contribution in [2.45, 2.75) is 26.2 Å². The van der Waals surface area contributed by atoms with Crippen LogP contribution in [0.25, 0.3) is 10.3 Å². The first-order chi connectivity index (χ1) is 13.2. The van der Waals surface area contributed by atoms with Crippen LogP contribution in [0, 0.1) is 12.8 Å². The summed E-state index contributed by atoms with van der Waals surface area (Å²) in [5, 5.41) is 4.13. The molecule has 4 rings (SSSR count). The Labute approximate surface area is 163 Å². The molecule has 0 atom stereocenters. The van der Waals surface area contributed by atoms with Gasteiger partial charge in [0.2, 0.25) is 5.91 Å². The Morgan fingerprint density at radius 2 is 2.00 bits per heavy atom. The van der Waals surface area contributed by atoms with Crippen LogP contribution in [0.4, 0.5) is 5.13 Å². The summed E-state index contributed by atoms with van der Waals surface area (Å²) in [5.41, 5.74) is 3.48. The first-order valence-corrected chi connectivity index (χ1v) is 10.3. The Morgan fingerprint density at radius 1 is 1.22 bits per heavy atom. The van der Waals surface area contributed by atoms with Crippen molar-refractivity contribution in [1.29, 1.82) is 0 Å². The predicted molar refractivity (Wildman–Crippen MR) is 110 cm³/mol. The molecule has 27 heavy (non-hydrogen) atoms. The minimum absolute atomic E-state index is 0.103. The molecule has 0 spiro atoms. The maximum atomic E-state index is 12.5. The number of fused-ring (bicyclic) bond motifs is 1. The number of carbonyl (C=O) groups is 1. The van der Waals surface area contributed by atoms with Crippen molar-refractivity contribution in [2.24, 2.45) is 5.92 Å². The van der Waals surface area contributed by atoms with Gasteiger partial charge in [-0.05, 0) is 43.9 Å². The topological polar surface area (TPSA) is 58.1 Å². The summed E-state index contributed by atoms with van der Waals surface area (Å²) in [7, 11) is 0. The van der Waals surface area contributed by atoms with Gasteiger partial charge in [0.05, 0.1) is 0 Å². The number of aromatic nitrogens is 2. The highest BCUT2D eigenvalue weighted by molar-refractivity contribution is 7.21. The predicted octanol–water partition coefficient (Wildman–Crippen LogP) is 3.58. The highest BCUT2D eigenvalue weighted by Gasteiger charge is 2.26. The van der Waals surface area contributed by atoms with Gasteiger partial charge >= 0.3 is 0 Å². The molecule has 0 aliphatic carbocycles. The number of rotatable bonds is 5. The summed E-state index contributed by atoms with van der Waals surface area (Å²) >= 11 is 1.63. The molecule has 0 saturated carbocycles. The van der Waals surface area contributed by atoms with Gasteiger partial charge in [-0.2, -0.15) is 0 Å². The van der Waals surface area contributed by atoms with E-state index in [9.17, 15) is 4.79 Å². The van der Waals surface area contributed by atoms with Gasteiger partial charge in [0.15, 0.2) is 5.13 Å². The number of carbonyl (C=O) groups excluding carboxylic acids is 1. The molecule has 0 unspecified atom stereocenters. The van der Waals surface area contributed by atoms with Crippen molar-refractivity contribution in [2.75, 3.05) is 24.5 Å². The number of piperidine rings is 1. The summed E-state index contributed by atoms with van der Waals surface area (Å²) < 4.78 is 0. The minimum Gasteiger partial charge on any atom is -0.356 e. The highest BCUT2D eigenvalue weighted by atomic mass is 32.1. The van der Waals surface area contributed by atoms with Gasteiger partial charge in [0.25, 0.3) is 0 Å². The second kappa shape index (κ2) is 8.05. The van der Waals surface area contributed by atoms with Crippen LogP contribution in [-0.2, 0) is 11.2 Å². The fraction of sp³-hybridized carbons (Fsp3) is 0.381. The summed E-state index contributed by atoms with van der Waals surface area (Å²) in [5.74, 6) is 0.291. The number of amides is 1. The second-order valence-corrected chi connectivity index (χ2v) is 8.07. The van der Waals surface area contributed by atoms with Crippen LogP contribution < -0.4 is 10.2 Å². The quantitative estimate of drug-likeness (QED) is 0.735. The number of thiazole rings is 1. The maximum Gasteiger partial charge on any atom is 0.223 e. The fourth-order valence-electron chi connectivity index (χ4n) is 3.46. The molecule has 0 bridgehead atoms. The lowest BCUT2D eigenvalue weighted by molar-refractivity contribution is -0.125. The molecular formula is C21H24N4OS. The van der Waals surface area contributed by atoms with E-state index in [1.165, 1.54) is 11.1 Å². The highest BCUT2D eigenvalue weighted by Crippen LogP contribution is 2.30. The molecule has 1 fully saturated rings. The van der Waals surface area contributed by atoms with Gasteiger partial charge < -0.3 is 10.2 Å². The van der Waals surface area contributed by atoms with Crippen molar-refractivity contribution in [3.8, 4) is 0 Å². The lowest BCUT2D eigenvalue weighted by atomic mass is 9.96. The van der Waals surface area contributed by atoms with Crippen molar-refractivity contribution in [3.05, 3.63) is 53.7 Å². The van der Waals surface area contributed by atoms with E-state index in [4.69, 9.17) is 0 Å². The lowest BCUT2D eigenvalue weighted by Crippen LogP contribution is -2.41. The average Bonchev–Trinajstić information content (AvgIpc) is 3.14. The van der Waals surface area contributed by atoms with Crippen LogP contribution in [0.1, 0.15) is 24.0 Å². The number of anilines is 1. The molecule has 2 aromatic heterocycles. The van der Waals surface area contributed by atoms with E-state index in [1.807, 2.05) is 12.1 Å². The molecule has 140 valence electrons. The number of aryl methyl sites for hydroxylation is 1. The van der Waals surface area contributed by atoms with Gasteiger partial charge in [0.1, 0.15) is 10.3 Å². The molecule has 6 heteroatoms. The van der Waals surface area contributed by atoms with Gasteiger partial charge in [-0.15, -0.1) is 0 Å². The molecular weight excluding hydrogens is 356 g/mol. The van der Waals surface area contributed by atoms with Gasteiger partial charge in [-0.3, -0.25) is 4.79 Å². The third-order valence-corrected chi connectivity index (χ3v) is 6.16. The Bertz CT molecular complexity index is 880. The van der Waals surface area contributed by atoms with Crippen LogP contribution >= 0.6 is 11.3 Å². The molecule has 1 aliphatic rings. The standard InChI is InChI=1S/C21H24N4OS/c1-15-4-6-16(7-5-15)8-12-22-19(26)17-9-13-25(14-10-17)21-24-18-3-2-11-23-20(18)27-21/h2-7,11,17H,8-10,12-14H2,1H3,(H,22,26). The zero-order chi connectivity index (χ0) is 18.6. The minimum atomic E-state index is 0.103. The fourth-order valence-corrected chi connectivity index (χ4v) is 4.42. The van der Waals surface area contributed by atoms with E-state index in [0.29, 0.717) is 6.54 Å². The van der Waals surface area contributed by atoms with Crippen molar-refractivity contribution in [3.63, 3.8) is 0 Å². The smallest absolute Gasteiger partial charge is 0.223 e. The van der Waals surface area contributed by atoms with Gasteiger partial charge in [-0.1, -0.05) is 41.2 Å². The normalized spacial score (nSPS) is 15.2. The number of nitrogens with zero attached hydrogens (tertiary/aromatic N) is 3. The molecule has 1 aliphatic heterocycles. The molecule has 1 saturated heterocycles. The Balaban J connectivity index is 1.25. The number of hydrogen-bond acceptors (Lipinski definition) is 5. The van der Waals surface area contributed by atoms with Crippen molar-refractivity contribution < 1.29 is 4.79 Å². The molecule has 5 nitrogen and oxygen atoms in total. The average molecular weight is 381 g/mol. The van der Waals surface area contributed by atoms with E-state index in [2.05, 4.69) is 51.4 Å². The van der Waals surface area contributed by atoms with Gasteiger partial charge in [-0.25, -0.2) is 9.97 Å². The SMILES string of the molecule is Cc1ccc(CCNC(=O)C2CCN(c3nc4cccnc4s3)CC2)cc1. The first-order valence-electron chi connectivity index (χ1n) is 9.49. The van der Waals surface area contributed by atoms with E-state index < -0.39 is 0 Å². The molecule has 0 radical (unpaired) electrons. The summed E-state index contributed by atoms with van der Waals surface area (Å²) in [6.07, 6.45) is 4.43. The third-order valence-electron chi connectivity index (χ3n) is 5.12. The maximum absolute atomic E-state index is 12.5. The second-order valence-electron chi connectivity index (χ2n) is 7.11. The van der Waals surface area contributed by atoms with E-state index in [0.717, 1.165) is 47.8 Å². The number of pyridine rings is 1. The summed E-state index contributed by atoms with van der Waals surface area (Å²) in [4.78, 5) is 24.8. The van der Waals surface area contributed by atoms with E-state index in [-0.39, 0.29) is 11.8 Å². The molecule has 3 heterocycles.